The number of nitrogens with zero attached hydrogens (tertiary/aromatic N) is 2. The lowest BCUT2D eigenvalue weighted by Crippen LogP contribution is -2.32. The fourth-order valence-corrected chi connectivity index (χ4v) is 2.18. The lowest BCUT2D eigenvalue weighted by Gasteiger charge is -2.07. The fraction of sp³-hybridized carbons (Fsp3) is 0.556. The average molecular weight is 245 g/mol. The SMILES string of the molecule is CC(C)C(=O)CNS(=O)(=O)c1ccnn1C. The average Bonchev–Trinajstić information content (AvgIpc) is 2.61. The molecule has 0 aromatic carbocycles. The molecule has 90 valence electrons. The number of nitrogens with one attached hydrogen (secondary N) is 1. The minimum atomic E-state index is -3.65. The molecule has 1 aromatic rings. The number of Topliss-reactive ketones (excluding diaryl/α,β-unsaturated/α-hetero) is 1. The van der Waals surface area contributed by atoms with Crippen molar-refractivity contribution in [3.63, 3.8) is 0 Å². The second kappa shape index (κ2) is 4.75. The van der Waals surface area contributed by atoms with Gasteiger partial charge < -0.3 is 0 Å². The number of aromatic nitrogens is 2. The van der Waals surface area contributed by atoms with Gasteiger partial charge in [-0.05, 0) is 6.07 Å². The van der Waals surface area contributed by atoms with E-state index in [0.717, 1.165) is 0 Å². The number of rotatable bonds is 5. The van der Waals surface area contributed by atoms with E-state index < -0.39 is 10.0 Å². The summed E-state index contributed by atoms with van der Waals surface area (Å²) in [6.45, 7) is 3.26. The lowest BCUT2D eigenvalue weighted by atomic mass is 10.1. The number of sulfonamides is 1. The minimum absolute atomic E-state index is 0.0454. The monoisotopic (exact) mass is 245 g/mol. The summed E-state index contributed by atoms with van der Waals surface area (Å²) in [5, 5.41) is 3.80. The first kappa shape index (κ1) is 12.9. The van der Waals surface area contributed by atoms with E-state index >= 15 is 0 Å². The van der Waals surface area contributed by atoms with Crippen LogP contribution in [0, 0.1) is 5.92 Å². The van der Waals surface area contributed by atoms with Crippen LogP contribution in [0.15, 0.2) is 17.3 Å². The van der Waals surface area contributed by atoms with Crippen molar-refractivity contribution in [3.8, 4) is 0 Å². The van der Waals surface area contributed by atoms with Crippen LogP contribution in [0.4, 0.5) is 0 Å². The van der Waals surface area contributed by atoms with E-state index in [0.29, 0.717) is 0 Å². The zero-order valence-corrected chi connectivity index (χ0v) is 10.3. The maximum Gasteiger partial charge on any atom is 0.258 e. The summed E-state index contributed by atoms with van der Waals surface area (Å²) in [5.41, 5.74) is 0. The Kier molecular flexibility index (Phi) is 3.82. The third-order valence-electron chi connectivity index (χ3n) is 2.13. The van der Waals surface area contributed by atoms with E-state index in [1.54, 1.807) is 13.8 Å². The van der Waals surface area contributed by atoms with E-state index in [4.69, 9.17) is 0 Å². The van der Waals surface area contributed by atoms with Gasteiger partial charge in [0.2, 0.25) is 0 Å². The van der Waals surface area contributed by atoms with Crippen molar-refractivity contribution in [1.29, 1.82) is 0 Å². The van der Waals surface area contributed by atoms with Crippen molar-refractivity contribution in [3.05, 3.63) is 12.3 Å². The third kappa shape index (κ3) is 2.89. The molecule has 0 unspecified atom stereocenters. The van der Waals surface area contributed by atoms with Gasteiger partial charge in [0.1, 0.15) is 5.78 Å². The molecule has 0 saturated carbocycles. The van der Waals surface area contributed by atoms with Gasteiger partial charge in [0.25, 0.3) is 10.0 Å². The minimum Gasteiger partial charge on any atom is -0.298 e. The number of hydrogen-bond donors (Lipinski definition) is 1. The Labute approximate surface area is 94.7 Å². The highest BCUT2D eigenvalue weighted by Crippen LogP contribution is 2.05. The highest BCUT2D eigenvalue weighted by Gasteiger charge is 2.19. The molecule has 0 radical (unpaired) electrons. The van der Waals surface area contributed by atoms with Gasteiger partial charge >= 0.3 is 0 Å². The first-order chi connectivity index (χ1) is 7.34. The second-order valence-electron chi connectivity index (χ2n) is 3.74. The van der Waals surface area contributed by atoms with Gasteiger partial charge in [-0.3, -0.25) is 9.48 Å². The molecule has 7 heteroatoms. The molecule has 0 aliphatic rings. The number of carbonyl (C=O) groups is 1. The first-order valence-electron chi connectivity index (χ1n) is 4.85. The fourth-order valence-electron chi connectivity index (χ4n) is 1.07. The Morgan fingerprint density at radius 1 is 1.56 bits per heavy atom. The molecule has 1 rings (SSSR count). The van der Waals surface area contributed by atoms with Crippen molar-refractivity contribution in [2.45, 2.75) is 18.9 Å². The highest BCUT2D eigenvalue weighted by molar-refractivity contribution is 7.89. The summed E-state index contributed by atoms with van der Waals surface area (Å²) < 4.78 is 26.9. The molecule has 6 nitrogen and oxygen atoms in total. The van der Waals surface area contributed by atoms with Crippen molar-refractivity contribution in [1.82, 2.24) is 14.5 Å². The standard InChI is InChI=1S/C9H15N3O3S/c1-7(2)8(13)6-11-16(14,15)9-4-5-10-12(9)3/h4-5,7,11H,6H2,1-3H3. The first-order valence-corrected chi connectivity index (χ1v) is 6.33. The quantitative estimate of drug-likeness (QED) is 0.787. The summed E-state index contributed by atoms with van der Waals surface area (Å²) >= 11 is 0. The van der Waals surface area contributed by atoms with Gasteiger partial charge in [0, 0.05) is 13.0 Å². The van der Waals surface area contributed by atoms with Crippen molar-refractivity contribution in [2.75, 3.05) is 6.54 Å². The maximum absolute atomic E-state index is 11.7. The van der Waals surface area contributed by atoms with E-state index in [1.165, 1.54) is 24.0 Å². The molecule has 16 heavy (non-hydrogen) atoms. The molecule has 0 saturated heterocycles. The predicted molar refractivity (Wildman–Crippen MR) is 58.2 cm³/mol. The van der Waals surface area contributed by atoms with Crippen LogP contribution in [-0.2, 0) is 21.9 Å². The zero-order valence-electron chi connectivity index (χ0n) is 9.47. The normalized spacial score (nSPS) is 12.0. The van der Waals surface area contributed by atoms with Gasteiger partial charge in [0.05, 0.1) is 12.7 Å². The van der Waals surface area contributed by atoms with E-state index in [-0.39, 0.29) is 23.3 Å². The Bertz CT molecular complexity index is 476. The summed E-state index contributed by atoms with van der Waals surface area (Å²) in [6, 6.07) is 1.38. The number of ketones is 1. The Balaban J connectivity index is 2.75. The molecule has 0 aliphatic heterocycles. The molecule has 1 heterocycles. The van der Waals surface area contributed by atoms with Crippen LogP contribution in [0.2, 0.25) is 0 Å². The van der Waals surface area contributed by atoms with Crippen molar-refractivity contribution in [2.24, 2.45) is 13.0 Å². The van der Waals surface area contributed by atoms with Gasteiger partial charge in [-0.15, -0.1) is 0 Å². The highest BCUT2D eigenvalue weighted by atomic mass is 32.2. The molecule has 0 bridgehead atoms. The number of carbonyl (C=O) groups excluding carboxylic acids is 1. The van der Waals surface area contributed by atoms with Crippen molar-refractivity contribution >= 4 is 15.8 Å². The van der Waals surface area contributed by atoms with Crippen LogP contribution in [0.5, 0.6) is 0 Å². The number of aryl methyl sites for hydroxylation is 1. The van der Waals surface area contributed by atoms with Crippen molar-refractivity contribution < 1.29 is 13.2 Å². The molecular formula is C9H15N3O3S. The molecule has 0 spiro atoms. The van der Waals surface area contributed by atoms with E-state index in [9.17, 15) is 13.2 Å². The van der Waals surface area contributed by atoms with Gasteiger partial charge in [-0.25, -0.2) is 13.1 Å². The molecule has 1 aromatic heterocycles. The molecule has 0 amide bonds. The van der Waals surface area contributed by atoms with Crippen LogP contribution < -0.4 is 4.72 Å². The zero-order chi connectivity index (χ0) is 12.3. The Hall–Kier alpha value is -1.21. The third-order valence-corrected chi connectivity index (χ3v) is 3.61. The van der Waals surface area contributed by atoms with Gasteiger partial charge in [0.15, 0.2) is 5.03 Å². The second-order valence-corrected chi connectivity index (χ2v) is 5.45. The Morgan fingerprint density at radius 2 is 2.19 bits per heavy atom. The summed E-state index contributed by atoms with van der Waals surface area (Å²) in [4.78, 5) is 11.3. The lowest BCUT2D eigenvalue weighted by molar-refractivity contribution is -0.120. The summed E-state index contributed by atoms with van der Waals surface area (Å²) in [5.74, 6) is -0.333. The van der Waals surface area contributed by atoms with Crippen LogP contribution in [0.3, 0.4) is 0 Å². The van der Waals surface area contributed by atoms with Gasteiger partial charge in [-0.1, -0.05) is 13.8 Å². The van der Waals surface area contributed by atoms with Gasteiger partial charge in [-0.2, -0.15) is 5.10 Å². The van der Waals surface area contributed by atoms with E-state index in [1.807, 2.05) is 0 Å². The maximum atomic E-state index is 11.7. The molecule has 1 N–H and O–H groups in total. The predicted octanol–water partition coefficient (Wildman–Crippen LogP) is -0.0765. The van der Waals surface area contributed by atoms with Crippen LogP contribution in [0.25, 0.3) is 0 Å². The molecular weight excluding hydrogens is 230 g/mol. The number of hydrogen-bond acceptors (Lipinski definition) is 4. The molecule has 0 atom stereocenters. The topological polar surface area (TPSA) is 81.1 Å². The van der Waals surface area contributed by atoms with E-state index in [2.05, 4.69) is 9.82 Å². The van der Waals surface area contributed by atoms with Crippen LogP contribution >= 0.6 is 0 Å². The molecule has 0 fully saturated rings. The molecule has 0 aliphatic carbocycles. The smallest absolute Gasteiger partial charge is 0.258 e. The Morgan fingerprint density at radius 3 is 2.62 bits per heavy atom. The van der Waals surface area contributed by atoms with Crippen LogP contribution in [0.1, 0.15) is 13.8 Å². The largest absolute Gasteiger partial charge is 0.298 e. The summed E-state index contributed by atoms with van der Waals surface area (Å²) in [7, 11) is -2.12. The summed E-state index contributed by atoms with van der Waals surface area (Å²) in [6.07, 6.45) is 1.39. The van der Waals surface area contributed by atoms with Crippen LogP contribution in [-0.4, -0.2) is 30.5 Å².